The molecule has 0 aromatic carbocycles. The summed E-state index contributed by atoms with van der Waals surface area (Å²) in [6.07, 6.45) is 4.84. The van der Waals surface area contributed by atoms with Gasteiger partial charge in [-0.3, -0.25) is 9.78 Å². The van der Waals surface area contributed by atoms with Crippen LogP contribution in [-0.4, -0.2) is 35.4 Å². The topological polar surface area (TPSA) is 82.0 Å². The second-order valence-electron chi connectivity index (χ2n) is 4.43. The Kier molecular flexibility index (Phi) is 4.15. The highest BCUT2D eigenvalue weighted by molar-refractivity contribution is 5.78. The van der Waals surface area contributed by atoms with E-state index in [1.165, 1.54) is 5.56 Å². The second kappa shape index (κ2) is 6.02. The maximum absolute atomic E-state index is 11.7. The molecule has 0 saturated carbocycles. The van der Waals surface area contributed by atoms with Crippen LogP contribution in [0.2, 0.25) is 0 Å². The van der Waals surface area contributed by atoms with Gasteiger partial charge in [0, 0.05) is 43.4 Å². The van der Waals surface area contributed by atoms with E-state index in [0.29, 0.717) is 19.5 Å². The molecule has 1 unspecified atom stereocenters. The molecule has 94 valence electrons. The van der Waals surface area contributed by atoms with Crippen LogP contribution in [0.4, 0.5) is 0 Å². The molecule has 1 atom stereocenters. The summed E-state index contributed by atoms with van der Waals surface area (Å²) < 4.78 is 0. The maximum Gasteiger partial charge on any atom is 0.222 e. The minimum absolute atomic E-state index is 0.155. The van der Waals surface area contributed by atoms with Crippen LogP contribution in [0, 0.1) is 5.92 Å². The molecule has 1 fully saturated rings. The molecule has 0 bridgehead atoms. The first-order chi connectivity index (χ1) is 8.79. The molecule has 1 aliphatic heterocycles. The zero-order valence-corrected chi connectivity index (χ0v) is 10.1. The molecule has 6 heteroatoms. The third-order valence-electron chi connectivity index (χ3n) is 3.12. The Labute approximate surface area is 105 Å². The summed E-state index contributed by atoms with van der Waals surface area (Å²) in [6, 6.07) is 3.91. The minimum Gasteiger partial charge on any atom is -0.342 e. The molecular formula is C12H15N5O. The van der Waals surface area contributed by atoms with Gasteiger partial charge in [-0.15, -0.1) is 0 Å². The van der Waals surface area contributed by atoms with Crippen molar-refractivity contribution in [3.63, 3.8) is 0 Å². The van der Waals surface area contributed by atoms with Crippen molar-refractivity contribution in [2.75, 3.05) is 19.6 Å². The highest BCUT2D eigenvalue weighted by atomic mass is 16.2. The number of aromatic nitrogens is 1. The van der Waals surface area contributed by atoms with Crippen LogP contribution in [0.5, 0.6) is 0 Å². The third-order valence-corrected chi connectivity index (χ3v) is 3.12. The smallest absolute Gasteiger partial charge is 0.222 e. The van der Waals surface area contributed by atoms with E-state index in [2.05, 4.69) is 15.0 Å². The lowest BCUT2D eigenvalue weighted by atomic mass is 10.1. The normalized spacial score (nSPS) is 18.8. The van der Waals surface area contributed by atoms with Crippen LogP contribution >= 0.6 is 0 Å². The van der Waals surface area contributed by atoms with E-state index in [9.17, 15) is 4.79 Å². The molecule has 1 aliphatic rings. The molecule has 1 amide bonds. The number of rotatable bonds is 5. The number of hydrogen-bond donors (Lipinski definition) is 0. The zero-order valence-electron chi connectivity index (χ0n) is 10.1. The van der Waals surface area contributed by atoms with Crippen molar-refractivity contribution < 1.29 is 4.79 Å². The predicted octanol–water partition coefficient (Wildman–Crippen LogP) is 1.78. The Bertz CT molecular complexity index is 455. The van der Waals surface area contributed by atoms with Gasteiger partial charge in [0.25, 0.3) is 0 Å². The van der Waals surface area contributed by atoms with Crippen LogP contribution in [0.3, 0.4) is 0 Å². The number of azide groups is 1. The molecule has 0 N–H and O–H groups in total. The fourth-order valence-electron chi connectivity index (χ4n) is 2.16. The molecule has 0 aliphatic carbocycles. The van der Waals surface area contributed by atoms with Gasteiger partial charge in [0.1, 0.15) is 0 Å². The molecule has 0 spiro atoms. The average molecular weight is 245 g/mol. The van der Waals surface area contributed by atoms with Crippen LogP contribution in [0.1, 0.15) is 12.0 Å². The van der Waals surface area contributed by atoms with Gasteiger partial charge in [-0.1, -0.05) is 5.11 Å². The fraction of sp³-hybridized carbons (Fsp3) is 0.500. The minimum atomic E-state index is 0.155. The fourth-order valence-corrected chi connectivity index (χ4v) is 2.16. The van der Waals surface area contributed by atoms with Crippen molar-refractivity contribution in [3.05, 3.63) is 40.5 Å². The number of amides is 1. The summed E-state index contributed by atoms with van der Waals surface area (Å²) in [5.41, 5.74) is 9.44. The first-order valence-corrected chi connectivity index (χ1v) is 5.97. The van der Waals surface area contributed by atoms with E-state index < -0.39 is 0 Å². The number of carbonyl (C=O) groups is 1. The molecule has 6 nitrogen and oxygen atoms in total. The first-order valence-electron chi connectivity index (χ1n) is 5.97. The summed E-state index contributed by atoms with van der Waals surface area (Å²) in [6.45, 7) is 1.83. The van der Waals surface area contributed by atoms with Crippen LogP contribution in [0.15, 0.2) is 29.6 Å². The summed E-state index contributed by atoms with van der Waals surface area (Å²) in [5.74, 6) is 0.327. The van der Waals surface area contributed by atoms with Gasteiger partial charge >= 0.3 is 0 Å². The van der Waals surface area contributed by atoms with E-state index in [1.807, 2.05) is 17.0 Å². The van der Waals surface area contributed by atoms with Crippen molar-refractivity contribution in [1.82, 2.24) is 9.88 Å². The SMILES string of the molecule is [N-]=[N+]=NCC1CC(=O)N(CCc2ccncc2)C1. The monoisotopic (exact) mass is 245 g/mol. The van der Waals surface area contributed by atoms with Crippen molar-refractivity contribution in [2.24, 2.45) is 11.0 Å². The number of hydrogen-bond acceptors (Lipinski definition) is 3. The van der Waals surface area contributed by atoms with Gasteiger partial charge in [-0.25, -0.2) is 0 Å². The van der Waals surface area contributed by atoms with Crippen LogP contribution < -0.4 is 0 Å². The Morgan fingerprint density at radius 2 is 2.28 bits per heavy atom. The Morgan fingerprint density at radius 1 is 1.50 bits per heavy atom. The van der Waals surface area contributed by atoms with Crippen molar-refractivity contribution in [2.45, 2.75) is 12.8 Å². The van der Waals surface area contributed by atoms with Crippen LogP contribution in [-0.2, 0) is 11.2 Å². The van der Waals surface area contributed by atoms with Crippen molar-refractivity contribution >= 4 is 5.91 Å². The van der Waals surface area contributed by atoms with Crippen LogP contribution in [0.25, 0.3) is 10.4 Å². The largest absolute Gasteiger partial charge is 0.342 e. The predicted molar refractivity (Wildman–Crippen MR) is 66.6 cm³/mol. The lowest BCUT2D eigenvalue weighted by molar-refractivity contribution is -0.127. The molecule has 1 aromatic heterocycles. The van der Waals surface area contributed by atoms with E-state index in [0.717, 1.165) is 13.0 Å². The summed E-state index contributed by atoms with van der Waals surface area (Å²) in [7, 11) is 0. The quantitative estimate of drug-likeness (QED) is 0.450. The molecule has 2 rings (SSSR count). The van der Waals surface area contributed by atoms with E-state index in [-0.39, 0.29) is 11.8 Å². The van der Waals surface area contributed by atoms with E-state index in [1.54, 1.807) is 12.4 Å². The lowest BCUT2D eigenvalue weighted by Gasteiger charge is -2.16. The van der Waals surface area contributed by atoms with Gasteiger partial charge in [-0.2, -0.15) is 0 Å². The van der Waals surface area contributed by atoms with Crippen molar-refractivity contribution in [3.8, 4) is 0 Å². The van der Waals surface area contributed by atoms with E-state index >= 15 is 0 Å². The zero-order chi connectivity index (χ0) is 12.8. The summed E-state index contributed by atoms with van der Waals surface area (Å²) in [4.78, 5) is 20.3. The Balaban J connectivity index is 1.83. The number of nitrogens with zero attached hydrogens (tertiary/aromatic N) is 5. The standard InChI is InChI=1S/C12H15N5O/c13-16-15-8-11-7-12(18)17(9-11)6-3-10-1-4-14-5-2-10/h1-2,4-5,11H,3,6-9H2. The van der Waals surface area contributed by atoms with Gasteiger partial charge in [0.05, 0.1) is 0 Å². The Hall–Kier alpha value is -2.07. The number of likely N-dealkylation sites (tertiary alicyclic amines) is 1. The molecule has 1 saturated heterocycles. The average Bonchev–Trinajstić information content (AvgIpc) is 2.76. The third kappa shape index (κ3) is 3.21. The maximum atomic E-state index is 11.7. The molecule has 1 aromatic rings. The van der Waals surface area contributed by atoms with Gasteiger partial charge in [0.2, 0.25) is 5.91 Å². The second-order valence-corrected chi connectivity index (χ2v) is 4.43. The first kappa shape index (κ1) is 12.4. The Morgan fingerprint density at radius 3 is 3.00 bits per heavy atom. The molecule has 18 heavy (non-hydrogen) atoms. The molecule has 2 heterocycles. The van der Waals surface area contributed by atoms with Crippen molar-refractivity contribution in [1.29, 1.82) is 0 Å². The molecular weight excluding hydrogens is 230 g/mol. The molecule has 0 radical (unpaired) electrons. The van der Waals surface area contributed by atoms with Gasteiger partial charge in [-0.05, 0) is 35.6 Å². The summed E-state index contributed by atoms with van der Waals surface area (Å²) in [5, 5.41) is 3.53. The van der Waals surface area contributed by atoms with Gasteiger partial charge in [0.15, 0.2) is 0 Å². The summed E-state index contributed by atoms with van der Waals surface area (Å²) >= 11 is 0. The number of carbonyl (C=O) groups excluding carboxylic acids is 1. The lowest BCUT2D eigenvalue weighted by Crippen LogP contribution is -2.27. The highest BCUT2D eigenvalue weighted by Crippen LogP contribution is 2.18. The van der Waals surface area contributed by atoms with Gasteiger partial charge < -0.3 is 4.90 Å². The van der Waals surface area contributed by atoms with E-state index in [4.69, 9.17) is 5.53 Å². The number of pyridine rings is 1. The highest BCUT2D eigenvalue weighted by Gasteiger charge is 2.28.